The van der Waals surface area contributed by atoms with Gasteiger partial charge in [-0.2, -0.15) is 0 Å². The Morgan fingerprint density at radius 1 is 1.39 bits per heavy atom. The van der Waals surface area contributed by atoms with E-state index in [0.717, 1.165) is 24.2 Å². The molecule has 1 aliphatic carbocycles. The zero-order valence-corrected chi connectivity index (χ0v) is 12.1. The van der Waals surface area contributed by atoms with Crippen molar-refractivity contribution in [1.29, 1.82) is 0 Å². The molecule has 0 saturated heterocycles. The van der Waals surface area contributed by atoms with Crippen LogP contribution in [0.1, 0.15) is 31.2 Å². The van der Waals surface area contributed by atoms with Gasteiger partial charge < -0.3 is 11.1 Å². The molecule has 1 aliphatic rings. The first-order valence-electron chi connectivity index (χ1n) is 6.41. The topological polar surface area (TPSA) is 50.9 Å². The fourth-order valence-corrected chi connectivity index (χ4v) is 3.22. The summed E-state index contributed by atoms with van der Waals surface area (Å²) in [5.41, 5.74) is 7.76. The SMILES string of the molecule is Cc1cc(Cl)nc(Cl)c1NC1CCCCC1CN. The van der Waals surface area contributed by atoms with Crippen LogP contribution in [-0.2, 0) is 0 Å². The summed E-state index contributed by atoms with van der Waals surface area (Å²) in [6.07, 6.45) is 4.84. The molecule has 1 saturated carbocycles. The van der Waals surface area contributed by atoms with Crippen molar-refractivity contribution < 1.29 is 0 Å². The highest BCUT2D eigenvalue weighted by Crippen LogP contribution is 2.31. The molecule has 5 heteroatoms. The van der Waals surface area contributed by atoms with E-state index in [-0.39, 0.29) is 0 Å². The number of rotatable bonds is 3. The fourth-order valence-electron chi connectivity index (χ4n) is 2.63. The van der Waals surface area contributed by atoms with E-state index in [9.17, 15) is 0 Å². The van der Waals surface area contributed by atoms with Crippen LogP contribution in [0.5, 0.6) is 0 Å². The molecule has 2 unspecified atom stereocenters. The van der Waals surface area contributed by atoms with Crippen LogP contribution in [0.4, 0.5) is 5.69 Å². The van der Waals surface area contributed by atoms with Crippen LogP contribution in [0, 0.1) is 12.8 Å². The van der Waals surface area contributed by atoms with Crippen molar-refractivity contribution in [2.75, 3.05) is 11.9 Å². The molecule has 3 N–H and O–H groups in total. The zero-order valence-electron chi connectivity index (χ0n) is 10.5. The van der Waals surface area contributed by atoms with Crippen LogP contribution in [0.3, 0.4) is 0 Å². The van der Waals surface area contributed by atoms with E-state index in [2.05, 4.69) is 10.3 Å². The first-order chi connectivity index (χ1) is 8.61. The van der Waals surface area contributed by atoms with E-state index < -0.39 is 0 Å². The van der Waals surface area contributed by atoms with E-state index in [1.165, 1.54) is 19.3 Å². The monoisotopic (exact) mass is 287 g/mol. The molecule has 1 aromatic heterocycles. The predicted octanol–water partition coefficient (Wildman–Crippen LogP) is 3.63. The van der Waals surface area contributed by atoms with Gasteiger partial charge in [0.05, 0.1) is 5.69 Å². The molecule has 0 amide bonds. The average Bonchev–Trinajstić information content (AvgIpc) is 2.34. The molecular formula is C13H19Cl2N3. The Labute approximate surface area is 118 Å². The fraction of sp³-hybridized carbons (Fsp3) is 0.615. The number of aromatic nitrogens is 1. The van der Waals surface area contributed by atoms with Crippen molar-refractivity contribution in [2.45, 2.75) is 38.6 Å². The summed E-state index contributed by atoms with van der Waals surface area (Å²) < 4.78 is 0. The molecule has 0 radical (unpaired) electrons. The van der Waals surface area contributed by atoms with Gasteiger partial charge in [-0.05, 0) is 43.9 Å². The zero-order chi connectivity index (χ0) is 13.1. The average molecular weight is 288 g/mol. The second-order valence-electron chi connectivity index (χ2n) is 4.96. The Hall–Kier alpha value is -0.510. The van der Waals surface area contributed by atoms with Crippen molar-refractivity contribution in [2.24, 2.45) is 11.7 Å². The van der Waals surface area contributed by atoms with Crippen molar-refractivity contribution in [3.63, 3.8) is 0 Å². The molecule has 0 aromatic carbocycles. The molecule has 1 heterocycles. The number of nitrogens with zero attached hydrogens (tertiary/aromatic N) is 1. The second kappa shape index (κ2) is 6.09. The van der Waals surface area contributed by atoms with E-state index >= 15 is 0 Å². The summed E-state index contributed by atoms with van der Waals surface area (Å²) in [7, 11) is 0. The highest BCUT2D eigenvalue weighted by Gasteiger charge is 2.25. The lowest BCUT2D eigenvalue weighted by molar-refractivity contribution is 0.332. The summed E-state index contributed by atoms with van der Waals surface area (Å²) >= 11 is 12.0. The van der Waals surface area contributed by atoms with Crippen molar-refractivity contribution in [3.8, 4) is 0 Å². The summed E-state index contributed by atoms with van der Waals surface area (Å²) in [5.74, 6) is 0.518. The number of hydrogen-bond donors (Lipinski definition) is 2. The molecule has 1 fully saturated rings. The lowest BCUT2D eigenvalue weighted by Gasteiger charge is -2.32. The van der Waals surface area contributed by atoms with Crippen LogP contribution in [-0.4, -0.2) is 17.6 Å². The maximum atomic E-state index is 6.16. The Bertz CT molecular complexity index is 400. The molecule has 18 heavy (non-hydrogen) atoms. The summed E-state index contributed by atoms with van der Waals surface area (Å²) in [6, 6.07) is 2.22. The first-order valence-corrected chi connectivity index (χ1v) is 7.16. The minimum Gasteiger partial charge on any atom is -0.379 e. The number of anilines is 1. The van der Waals surface area contributed by atoms with E-state index in [1.54, 1.807) is 0 Å². The van der Waals surface area contributed by atoms with Crippen LogP contribution in [0.25, 0.3) is 0 Å². The first kappa shape index (κ1) is 13.9. The lowest BCUT2D eigenvalue weighted by atomic mass is 9.84. The van der Waals surface area contributed by atoms with Crippen LogP contribution in [0.15, 0.2) is 6.07 Å². The Morgan fingerprint density at radius 3 is 2.78 bits per heavy atom. The van der Waals surface area contributed by atoms with Crippen LogP contribution < -0.4 is 11.1 Å². The highest BCUT2D eigenvalue weighted by molar-refractivity contribution is 6.34. The number of hydrogen-bond acceptors (Lipinski definition) is 3. The van der Waals surface area contributed by atoms with Gasteiger partial charge in [0.25, 0.3) is 0 Å². The third kappa shape index (κ3) is 3.08. The number of nitrogens with two attached hydrogens (primary N) is 1. The Balaban J connectivity index is 2.17. The maximum absolute atomic E-state index is 6.16. The minimum absolute atomic E-state index is 0.392. The van der Waals surface area contributed by atoms with Gasteiger partial charge in [-0.25, -0.2) is 4.98 Å². The summed E-state index contributed by atoms with van der Waals surface area (Å²) in [4.78, 5) is 4.09. The molecular weight excluding hydrogens is 269 g/mol. The van der Waals surface area contributed by atoms with Crippen LogP contribution >= 0.6 is 23.2 Å². The second-order valence-corrected chi connectivity index (χ2v) is 5.70. The van der Waals surface area contributed by atoms with E-state index in [0.29, 0.717) is 22.3 Å². The standard InChI is InChI=1S/C13H19Cl2N3/c1-8-6-11(14)18-13(15)12(8)17-10-5-3-2-4-9(10)7-16/h6,9-10,17H,2-5,7,16H2,1H3. The minimum atomic E-state index is 0.392. The maximum Gasteiger partial charge on any atom is 0.154 e. The quantitative estimate of drug-likeness (QED) is 0.835. The molecule has 0 bridgehead atoms. The summed E-state index contributed by atoms with van der Waals surface area (Å²) in [5, 5.41) is 4.39. The van der Waals surface area contributed by atoms with Gasteiger partial charge >= 0.3 is 0 Å². The van der Waals surface area contributed by atoms with Gasteiger partial charge in [-0.3, -0.25) is 0 Å². The molecule has 2 atom stereocenters. The molecule has 2 rings (SSSR count). The summed E-state index contributed by atoms with van der Waals surface area (Å²) in [6.45, 7) is 2.71. The third-order valence-electron chi connectivity index (χ3n) is 3.68. The van der Waals surface area contributed by atoms with Gasteiger partial charge in [0.15, 0.2) is 5.15 Å². The molecule has 100 valence electrons. The van der Waals surface area contributed by atoms with Gasteiger partial charge in [0.1, 0.15) is 5.15 Å². The van der Waals surface area contributed by atoms with Crippen molar-refractivity contribution in [1.82, 2.24) is 4.98 Å². The highest BCUT2D eigenvalue weighted by atomic mass is 35.5. The number of nitrogens with one attached hydrogen (secondary N) is 1. The largest absolute Gasteiger partial charge is 0.379 e. The van der Waals surface area contributed by atoms with E-state index in [4.69, 9.17) is 28.9 Å². The van der Waals surface area contributed by atoms with Crippen molar-refractivity contribution >= 4 is 28.9 Å². The lowest BCUT2D eigenvalue weighted by Crippen LogP contribution is -2.37. The molecule has 0 aliphatic heterocycles. The normalized spacial score (nSPS) is 24.0. The Kier molecular flexibility index (Phi) is 4.71. The molecule has 1 aromatic rings. The van der Waals surface area contributed by atoms with Gasteiger partial charge in [0, 0.05) is 6.04 Å². The number of pyridine rings is 1. The number of aryl methyl sites for hydroxylation is 1. The van der Waals surface area contributed by atoms with Gasteiger partial charge in [-0.1, -0.05) is 36.0 Å². The molecule has 0 spiro atoms. The smallest absolute Gasteiger partial charge is 0.154 e. The van der Waals surface area contributed by atoms with Crippen LogP contribution in [0.2, 0.25) is 10.3 Å². The third-order valence-corrected chi connectivity index (χ3v) is 4.15. The van der Waals surface area contributed by atoms with Gasteiger partial charge in [0.2, 0.25) is 0 Å². The predicted molar refractivity (Wildman–Crippen MR) is 77.4 cm³/mol. The van der Waals surface area contributed by atoms with Crippen molar-refractivity contribution in [3.05, 3.63) is 21.9 Å². The van der Waals surface area contributed by atoms with Gasteiger partial charge in [-0.15, -0.1) is 0 Å². The van der Waals surface area contributed by atoms with E-state index in [1.807, 2.05) is 13.0 Å². The Morgan fingerprint density at radius 2 is 2.11 bits per heavy atom. The molecule has 3 nitrogen and oxygen atoms in total. The number of halogens is 2.